The van der Waals surface area contributed by atoms with Crippen LogP contribution in [0.3, 0.4) is 0 Å². The van der Waals surface area contributed by atoms with E-state index in [0.717, 1.165) is 13.0 Å². The second-order valence-corrected chi connectivity index (χ2v) is 5.39. The van der Waals surface area contributed by atoms with Crippen molar-refractivity contribution in [1.29, 1.82) is 0 Å². The van der Waals surface area contributed by atoms with E-state index in [-0.39, 0.29) is 18.0 Å². The third-order valence-corrected chi connectivity index (χ3v) is 3.35. The van der Waals surface area contributed by atoms with Gasteiger partial charge in [-0.3, -0.25) is 0 Å². The second kappa shape index (κ2) is 6.35. The van der Waals surface area contributed by atoms with Crippen molar-refractivity contribution < 1.29 is 13.9 Å². The smallest absolute Gasteiger partial charge is 0.132 e. The fourth-order valence-electron chi connectivity index (χ4n) is 2.55. The zero-order valence-corrected chi connectivity index (χ0v) is 11.8. The molecule has 3 nitrogen and oxygen atoms in total. The maximum atomic E-state index is 14.0. The lowest BCUT2D eigenvalue weighted by atomic mass is 10.0. The van der Waals surface area contributed by atoms with Gasteiger partial charge in [0.05, 0.1) is 18.8 Å². The number of benzene rings is 1. The Morgan fingerprint density at radius 3 is 2.89 bits per heavy atom. The highest BCUT2D eigenvalue weighted by Crippen LogP contribution is 2.32. The Labute approximate surface area is 114 Å². The van der Waals surface area contributed by atoms with Crippen molar-refractivity contribution in [3.05, 3.63) is 29.6 Å². The third-order valence-electron chi connectivity index (χ3n) is 3.35. The van der Waals surface area contributed by atoms with Gasteiger partial charge in [0, 0.05) is 13.1 Å². The Kier molecular flexibility index (Phi) is 4.77. The molecule has 0 saturated carbocycles. The molecule has 1 fully saturated rings. The van der Waals surface area contributed by atoms with Crippen LogP contribution in [0.1, 0.15) is 31.9 Å². The van der Waals surface area contributed by atoms with Gasteiger partial charge in [-0.25, -0.2) is 4.39 Å². The summed E-state index contributed by atoms with van der Waals surface area (Å²) in [6.07, 6.45) is 0.817. The van der Waals surface area contributed by atoms with Gasteiger partial charge in [-0.2, -0.15) is 0 Å². The molecule has 1 aliphatic heterocycles. The molecule has 0 radical (unpaired) electrons. The summed E-state index contributed by atoms with van der Waals surface area (Å²) in [4.78, 5) is 0. The predicted molar refractivity (Wildman–Crippen MR) is 72.9 cm³/mol. The molecule has 2 rings (SSSR count). The molecule has 4 heteroatoms. The number of nitrogens with one attached hydrogen (secondary N) is 1. The van der Waals surface area contributed by atoms with E-state index in [0.29, 0.717) is 23.8 Å². The lowest BCUT2D eigenvalue weighted by molar-refractivity contribution is -0.0496. The summed E-state index contributed by atoms with van der Waals surface area (Å²) in [7, 11) is 1.56. The predicted octanol–water partition coefficient (Wildman–Crippen LogP) is 2.91. The molecule has 106 valence electrons. The van der Waals surface area contributed by atoms with E-state index in [1.54, 1.807) is 19.2 Å². The van der Waals surface area contributed by atoms with Crippen LogP contribution in [0, 0.1) is 11.7 Å². The van der Waals surface area contributed by atoms with Gasteiger partial charge in [0.2, 0.25) is 0 Å². The zero-order valence-electron chi connectivity index (χ0n) is 11.8. The molecule has 1 saturated heterocycles. The number of hydrogen-bond donors (Lipinski definition) is 1. The van der Waals surface area contributed by atoms with Crippen molar-refractivity contribution in [3.8, 4) is 5.75 Å². The molecule has 0 aromatic heterocycles. The van der Waals surface area contributed by atoms with Crippen molar-refractivity contribution >= 4 is 0 Å². The van der Waals surface area contributed by atoms with Crippen molar-refractivity contribution in [2.45, 2.75) is 32.5 Å². The van der Waals surface area contributed by atoms with Gasteiger partial charge in [0.25, 0.3) is 0 Å². The monoisotopic (exact) mass is 267 g/mol. The molecule has 0 spiro atoms. The van der Waals surface area contributed by atoms with Crippen LogP contribution < -0.4 is 10.1 Å². The number of ether oxygens (including phenoxy) is 2. The first-order chi connectivity index (χ1) is 9.11. The number of morpholine rings is 1. The standard InChI is InChI=1S/C15H22FNO2/c1-10(2)7-11-8-17-9-14(19-11)15-12(16)5-4-6-13(15)18-3/h4-6,10-11,14,17H,7-9H2,1-3H3. The Hall–Kier alpha value is -1.13. The number of halogens is 1. The summed E-state index contributed by atoms with van der Waals surface area (Å²) in [6, 6.07) is 4.88. The fourth-order valence-corrected chi connectivity index (χ4v) is 2.55. The minimum atomic E-state index is -0.284. The van der Waals surface area contributed by atoms with Crippen LogP contribution in [0.25, 0.3) is 0 Å². The van der Waals surface area contributed by atoms with Gasteiger partial charge in [-0.15, -0.1) is 0 Å². The first-order valence-corrected chi connectivity index (χ1v) is 6.80. The molecule has 0 bridgehead atoms. The zero-order chi connectivity index (χ0) is 13.8. The topological polar surface area (TPSA) is 30.5 Å². The van der Waals surface area contributed by atoms with Crippen LogP contribution in [0.4, 0.5) is 4.39 Å². The highest BCUT2D eigenvalue weighted by molar-refractivity contribution is 5.37. The van der Waals surface area contributed by atoms with E-state index in [9.17, 15) is 4.39 Å². The van der Waals surface area contributed by atoms with Gasteiger partial charge in [-0.1, -0.05) is 19.9 Å². The Morgan fingerprint density at radius 1 is 1.42 bits per heavy atom. The van der Waals surface area contributed by atoms with Crippen molar-refractivity contribution in [3.63, 3.8) is 0 Å². The molecule has 1 aromatic carbocycles. The van der Waals surface area contributed by atoms with E-state index >= 15 is 0 Å². The third kappa shape index (κ3) is 3.45. The van der Waals surface area contributed by atoms with Crippen LogP contribution in [-0.4, -0.2) is 26.3 Å². The summed E-state index contributed by atoms with van der Waals surface area (Å²) in [5, 5.41) is 3.32. The van der Waals surface area contributed by atoms with Crippen LogP contribution in [-0.2, 0) is 4.74 Å². The first-order valence-electron chi connectivity index (χ1n) is 6.80. The van der Waals surface area contributed by atoms with Gasteiger partial charge < -0.3 is 14.8 Å². The van der Waals surface area contributed by atoms with E-state index in [2.05, 4.69) is 19.2 Å². The molecule has 1 N–H and O–H groups in total. The maximum absolute atomic E-state index is 14.0. The summed E-state index contributed by atoms with van der Waals surface area (Å²) < 4.78 is 25.3. The highest BCUT2D eigenvalue weighted by atomic mass is 19.1. The normalized spacial score (nSPS) is 23.6. The second-order valence-electron chi connectivity index (χ2n) is 5.39. The molecule has 1 heterocycles. The van der Waals surface area contributed by atoms with E-state index in [1.165, 1.54) is 6.07 Å². The van der Waals surface area contributed by atoms with E-state index in [1.807, 2.05) is 0 Å². The SMILES string of the molecule is COc1cccc(F)c1C1CNCC(CC(C)C)O1. The lowest BCUT2D eigenvalue weighted by Gasteiger charge is -2.32. The van der Waals surface area contributed by atoms with Crippen LogP contribution >= 0.6 is 0 Å². The minimum absolute atomic E-state index is 0.128. The Bertz CT molecular complexity index is 423. The summed E-state index contributed by atoms with van der Waals surface area (Å²) in [6.45, 7) is 5.77. The molecule has 2 unspecified atom stereocenters. The number of rotatable bonds is 4. The average molecular weight is 267 g/mol. The number of methoxy groups -OCH3 is 1. The number of hydrogen-bond acceptors (Lipinski definition) is 3. The Morgan fingerprint density at radius 2 is 2.21 bits per heavy atom. The van der Waals surface area contributed by atoms with E-state index < -0.39 is 0 Å². The summed E-state index contributed by atoms with van der Waals surface area (Å²) in [5.41, 5.74) is 0.519. The van der Waals surface area contributed by atoms with Crippen LogP contribution in [0.15, 0.2) is 18.2 Å². The van der Waals surface area contributed by atoms with Crippen molar-refractivity contribution in [2.75, 3.05) is 20.2 Å². The van der Waals surface area contributed by atoms with Crippen molar-refractivity contribution in [1.82, 2.24) is 5.32 Å². The molecule has 19 heavy (non-hydrogen) atoms. The minimum Gasteiger partial charge on any atom is -0.496 e. The summed E-state index contributed by atoms with van der Waals surface area (Å²) in [5.74, 6) is 0.849. The van der Waals surface area contributed by atoms with E-state index in [4.69, 9.17) is 9.47 Å². The Balaban J connectivity index is 2.17. The molecular formula is C15H22FNO2. The van der Waals surface area contributed by atoms with Gasteiger partial charge in [-0.05, 0) is 24.5 Å². The van der Waals surface area contributed by atoms with Gasteiger partial charge in [0.1, 0.15) is 17.7 Å². The molecule has 0 amide bonds. The highest BCUT2D eigenvalue weighted by Gasteiger charge is 2.28. The largest absolute Gasteiger partial charge is 0.496 e. The summed E-state index contributed by atoms with van der Waals surface area (Å²) >= 11 is 0. The van der Waals surface area contributed by atoms with Crippen LogP contribution in [0.2, 0.25) is 0 Å². The molecule has 1 aromatic rings. The molecule has 1 aliphatic rings. The lowest BCUT2D eigenvalue weighted by Crippen LogP contribution is -2.41. The maximum Gasteiger partial charge on any atom is 0.132 e. The molecular weight excluding hydrogens is 245 g/mol. The average Bonchev–Trinajstić information content (AvgIpc) is 2.37. The van der Waals surface area contributed by atoms with Gasteiger partial charge in [0.15, 0.2) is 0 Å². The fraction of sp³-hybridized carbons (Fsp3) is 0.600. The van der Waals surface area contributed by atoms with Gasteiger partial charge >= 0.3 is 0 Å². The molecule has 0 aliphatic carbocycles. The molecule has 2 atom stereocenters. The van der Waals surface area contributed by atoms with Crippen LogP contribution in [0.5, 0.6) is 5.75 Å². The quantitative estimate of drug-likeness (QED) is 0.910. The van der Waals surface area contributed by atoms with Crippen molar-refractivity contribution in [2.24, 2.45) is 5.92 Å². The first kappa shape index (κ1) is 14.3.